The van der Waals surface area contributed by atoms with Gasteiger partial charge in [0.05, 0.1) is 11.7 Å². The van der Waals surface area contributed by atoms with Crippen LogP contribution in [0.1, 0.15) is 28.8 Å². The summed E-state index contributed by atoms with van der Waals surface area (Å²) >= 11 is 0. The van der Waals surface area contributed by atoms with E-state index in [1.54, 1.807) is 0 Å². The molecule has 1 aliphatic rings. The largest absolute Gasteiger partial charge is 0.419 e. The highest BCUT2D eigenvalue weighted by molar-refractivity contribution is 5.94. The number of alkyl halides is 3. The van der Waals surface area contributed by atoms with Crippen molar-refractivity contribution in [3.8, 4) is 0 Å². The number of carbonyl (C=O) groups is 1. The summed E-state index contributed by atoms with van der Waals surface area (Å²) in [5, 5.41) is 9.47. The summed E-state index contributed by atoms with van der Waals surface area (Å²) in [5.41, 5.74) is -1.69. The average molecular weight is 291 g/mol. The molecule has 1 aromatic carbocycles. The molecule has 0 bridgehead atoms. The zero-order chi connectivity index (χ0) is 14.9. The van der Waals surface area contributed by atoms with Gasteiger partial charge in [-0.05, 0) is 31.0 Å². The number of carbonyl (C=O) groups excluding carboxylic acids is 1. The predicted molar refractivity (Wildman–Crippen MR) is 62.5 cm³/mol. The van der Waals surface area contributed by atoms with Crippen LogP contribution in [0.15, 0.2) is 18.2 Å². The number of nitrogens with zero attached hydrogens (tertiary/aromatic N) is 1. The highest BCUT2D eigenvalue weighted by Crippen LogP contribution is 2.32. The molecule has 3 nitrogen and oxygen atoms in total. The van der Waals surface area contributed by atoms with Crippen molar-refractivity contribution in [2.45, 2.75) is 25.1 Å². The molecule has 20 heavy (non-hydrogen) atoms. The molecule has 1 heterocycles. The number of rotatable bonds is 1. The number of likely N-dealkylation sites (tertiary alicyclic amines) is 1. The van der Waals surface area contributed by atoms with Crippen LogP contribution >= 0.6 is 0 Å². The maximum absolute atomic E-state index is 13.1. The van der Waals surface area contributed by atoms with Crippen molar-refractivity contribution in [3.63, 3.8) is 0 Å². The molecule has 1 aliphatic heterocycles. The Morgan fingerprint density at radius 1 is 1.35 bits per heavy atom. The van der Waals surface area contributed by atoms with Gasteiger partial charge in [-0.25, -0.2) is 4.39 Å². The van der Waals surface area contributed by atoms with Gasteiger partial charge in [-0.15, -0.1) is 0 Å². The van der Waals surface area contributed by atoms with Gasteiger partial charge in [0.1, 0.15) is 5.82 Å². The summed E-state index contributed by atoms with van der Waals surface area (Å²) in [7, 11) is 0. The number of amides is 1. The molecule has 1 aromatic rings. The highest BCUT2D eigenvalue weighted by atomic mass is 19.4. The molecule has 1 fully saturated rings. The van der Waals surface area contributed by atoms with Crippen molar-refractivity contribution in [2.75, 3.05) is 13.1 Å². The summed E-state index contributed by atoms with van der Waals surface area (Å²) in [5.74, 6) is -2.04. The van der Waals surface area contributed by atoms with E-state index >= 15 is 0 Å². The monoisotopic (exact) mass is 291 g/mol. The van der Waals surface area contributed by atoms with Crippen LogP contribution in [0.2, 0.25) is 0 Å². The second-order valence-electron chi connectivity index (χ2n) is 4.74. The maximum atomic E-state index is 13.1. The summed E-state index contributed by atoms with van der Waals surface area (Å²) in [6.45, 7) is 0.451. The molecule has 7 heteroatoms. The first-order chi connectivity index (χ1) is 9.29. The van der Waals surface area contributed by atoms with Crippen LogP contribution in [-0.4, -0.2) is 35.1 Å². The zero-order valence-corrected chi connectivity index (χ0v) is 10.5. The van der Waals surface area contributed by atoms with Crippen LogP contribution in [0.3, 0.4) is 0 Å². The molecule has 0 spiro atoms. The Bertz CT molecular complexity index is 516. The SMILES string of the molecule is O=C(c1ccc(F)c(C(F)(F)F)c1)N1CCC[C@H](O)C1. The second kappa shape index (κ2) is 5.40. The van der Waals surface area contributed by atoms with Crippen LogP contribution in [0, 0.1) is 5.82 Å². The number of aliphatic hydroxyl groups is 1. The van der Waals surface area contributed by atoms with E-state index in [4.69, 9.17) is 0 Å². The van der Waals surface area contributed by atoms with Gasteiger partial charge in [0.2, 0.25) is 0 Å². The highest BCUT2D eigenvalue weighted by Gasteiger charge is 2.35. The van der Waals surface area contributed by atoms with E-state index in [1.807, 2.05) is 0 Å². The number of hydrogen-bond donors (Lipinski definition) is 1. The lowest BCUT2D eigenvalue weighted by Crippen LogP contribution is -2.42. The Morgan fingerprint density at radius 3 is 2.65 bits per heavy atom. The summed E-state index contributed by atoms with van der Waals surface area (Å²) in [6.07, 6.45) is -4.38. The Hall–Kier alpha value is -1.63. The van der Waals surface area contributed by atoms with E-state index in [2.05, 4.69) is 0 Å². The van der Waals surface area contributed by atoms with Crippen LogP contribution in [-0.2, 0) is 6.18 Å². The number of piperidine rings is 1. The van der Waals surface area contributed by atoms with Crippen LogP contribution < -0.4 is 0 Å². The van der Waals surface area contributed by atoms with Crippen LogP contribution in [0.5, 0.6) is 0 Å². The summed E-state index contributed by atoms with van der Waals surface area (Å²) in [4.78, 5) is 13.3. The number of benzene rings is 1. The third-order valence-electron chi connectivity index (χ3n) is 3.20. The van der Waals surface area contributed by atoms with Gasteiger partial charge >= 0.3 is 6.18 Å². The minimum atomic E-state index is -4.85. The minimum absolute atomic E-state index is 0.0809. The smallest absolute Gasteiger partial charge is 0.391 e. The van der Waals surface area contributed by atoms with Crippen molar-refractivity contribution >= 4 is 5.91 Å². The molecule has 0 saturated carbocycles. The van der Waals surface area contributed by atoms with E-state index in [1.165, 1.54) is 4.90 Å². The minimum Gasteiger partial charge on any atom is -0.391 e. The van der Waals surface area contributed by atoms with E-state index in [0.29, 0.717) is 31.5 Å². The van der Waals surface area contributed by atoms with Crippen molar-refractivity contribution in [1.29, 1.82) is 0 Å². The molecule has 1 N–H and O–H groups in total. The van der Waals surface area contributed by atoms with E-state index in [0.717, 1.165) is 6.07 Å². The third kappa shape index (κ3) is 3.09. The normalized spacial score (nSPS) is 20.1. The standard InChI is InChI=1S/C13H13F4NO2/c14-11-4-3-8(6-10(11)13(15,16)17)12(20)18-5-1-2-9(19)7-18/h3-4,6,9,19H,1-2,5,7H2/t9-/m0/s1. The quantitative estimate of drug-likeness (QED) is 0.807. The molecule has 1 amide bonds. The first-order valence-electron chi connectivity index (χ1n) is 6.13. The summed E-state index contributed by atoms with van der Waals surface area (Å²) < 4.78 is 50.9. The summed E-state index contributed by atoms with van der Waals surface area (Å²) in [6, 6.07) is 2.17. The molecular weight excluding hydrogens is 278 g/mol. The Kier molecular flexibility index (Phi) is 3.99. The number of halogens is 4. The van der Waals surface area contributed by atoms with Crippen LogP contribution in [0.25, 0.3) is 0 Å². The van der Waals surface area contributed by atoms with Crippen molar-refractivity contribution < 1.29 is 27.5 Å². The van der Waals surface area contributed by atoms with Gasteiger partial charge in [-0.3, -0.25) is 4.79 Å². The molecule has 110 valence electrons. The molecule has 2 rings (SSSR count). The average Bonchev–Trinajstić information content (AvgIpc) is 2.37. The fourth-order valence-electron chi connectivity index (χ4n) is 2.20. The van der Waals surface area contributed by atoms with Gasteiger partial charge in [-0.1, -0.05) is 0 Å². The second-order valence-corrected chi connectivity index (χ2v) is 4.74. The van der Waals surface area contributed by atoms with Crippen molar-refractivity contribution in [1.82, 2.24) is 4.90 Å². The first-order valence-corrected chi connectivity index (χ1v) is 6.13. The first kappa shape index (κ1) is 14.8. The number of β-amino-alcohol motifs (C(OH)–C–C–N with tert-alkyl or cyclic N) is 1. The third-order valence-corrected chi connectivity index (χ3v) is 3.20. The number of aliphatic hydroxyl groups excluding tert-OH is 1. The Morgan fingerprint density at radius 2 is 2.05 bits per heavy atom. The van der Waals surface area contributed by atoms with Gasteiger partial charge in [0.15, 0.2) is 0 Å². The number of hydrogen-bond acceptors (Lipinski definition) is 2. The Labute approximate surface area is 112 Å². The molecule has 1 atom stereocenters. The van der Waals surface area contributed by atoms with E-state index < -0.39 is 29.6 Å². The van der Waals surface area contributed by atoms with E-state index in [-0.39, 0.29) is 12.1 Å². The molecule has 0 unspecified atom stereocenters. The van der Waals surface area contributed by atoms with Crippen LogP contribution in [0.4, 0.5) is 17.6 Å². The van der Waals surface area contributed by atoms with Crippen molar-refractivity contribution in [2.24, 2.45) is 0 Å². The topological polar surface area (TPSA) is 40.5 Å². The van der Waals surface area contributed by atoms with Gasteiger partial charge in [-0.2, -0.15) is 13.2 Å². The molecule has 0 aliphatic carbocycles. The van der Waals surface area contributed by atoms with Gasteiger partial charge < -0.3 is 10.0 Å². The predicted octanol–water partition coefficient (Wildman–Crippen LogP) is 2.44. The van der Waals surface area contributed by atoms with Crippen molar-refractivity contribution in [3.05, 3.63) is 35.1 Å². The zero-order valence-electron chi connectivity index (χ0n) is 10.5. The van der Waals surface area contributed by atoms with E-state index in [9.17, 15) is 27.5 Å². The molecule has 1 saturated heterocycles. The maximum Gasteiger partial charge on any atom is 0.419 e. The lowest BCUT2D eigenvalue weighted by atomic mass is 10.0. The lowest BCUT2D eigenvalue weighted by Gasteiger charge is -2.30. The van der Waals surface area contributed by atoms with Gasteiger partial charge in [0, 0.05) is 18.7 Å². The fourth-order valence-corrected chi connectivity index (χ4v) is 2.20. The van der Waals surface area contributed by atoms with Gasteiger partial charge in [0.25, 0.3) is 5.91 Å². The molecular formula is C13H13F4NO2. The molecule has 0 radical (unpaired) electrons. The lowest BCUT2D eigenvalue weighted by molar-refractivity contribution is -0.140. The fraction of sp³-hybridized carbons (Fsp3) is 0.462. The molecule has 0 aromatic heterocycles. The Balaban J connectivity index is 2.26.